The first-order chi connectivity index (χ1) is 10.3. The summed E-state index contributed by atoms with van der Waals surface area (Å²) >= 11 is 0.491. The van der Waals surface area contributed by atoms with Gasteiger partial charge in [-0.3, -0.25) is 9.59 Å². The Balaban J connectivity index is 1.97. The molecule has 2 atom stereocenters. The third-order valence-electron chi connectivity index (χ3n) is 2.50. The van der Waals surface area contributed by atoms with Gasteiger partial charge in [-0.05, 0) is 12.1 Å². The van der Waals surface area contributed by atoms with Gasteiger partial charge in [0.25, 0.3) is 5.91 Å². The van der Waals surface area contributed by atoms with E-state index in [4.69, 9.17) is 0 Å². The Morgan fingerprint density at radius 1 is 1.36 bits per heavy atom. The Bertz CT molecular complexity index is 583. The van der Waals surface area contributed by atoms with Crippen molar-refractivity contribution in [3.05, 3.63) is 23.9 Å². The molecule has 2 heterocycles. The predicted octanol–water partition coefficient (Wildman–Crippen LogP) is 0.783. The number of thioether (sulfide) groups is 1. The first-order valence-corrected chi connectivity index (χ1v) is 6.98. The van der Waals surface area contributed by atoms with Crippen LogP contribution < -0.4 is 21.5 Å². The van der Waals surface area contributed by atoms with Gasteiger partial charge in [0.05, 0.1) is 0 Å². The molecule has 0 spiro atoms. The van der Waals surface area contributed by atoms with Gasteiger partial charge in [0.15, 0.2) is 5.37 Å². The molecule has 1 aromatic heterocycles. The number of amides is 2. The van der Waals surface area contributed by atoms with Crippen LogP contribution in [0, 0.1) is 0 Å². The Kier molecular flexibility index (Phi) is 4.88. The lowest BCUT2D eigenvalue weighted by Crippen LogP contribution is -2.45. The average molecular weight is 335 g/mol. The highest BCUT2D eigenvalue weighted by atomic mass is 32.2. The van der Waals surface area contributed by atoms with Crippen LogP contribution >= 0.6 is 11.8 Å². The maximum absolute atomic E-state index is 12.5. The number of alkyl halides is 3. The van der Waals surface area contributed by atoms with Crippen molar-refractivity contribution in [2.45, 2.75) is 24.0 Å². The quantitative estimate of drug-likeness (QED) is 0.652. The summed E-state index contributed by atoms with van der Waals surface area (Å²) in [7, 11) is 0. The van der Waals surface area contributed by atoms with Crippen molar-refractivity contribution in [2.24, 2.45) is 0 Å². The zero-order valence-corrected chi connectivity index (χ0v) is 12.0. The molecule has 1 aliphatic heterocycles. The second-order valence-corrected chi connectivity index (χ2v) is 5.53. The van der Waals surface area contributed by atoms with Crippen LogP contribution in [-0.2, 0) is 4.79 Å². The molecule has 1 aromatic rings. The molecule has 0 radical (unpaired) electrons. The molecule has 1 fully saturated rings. The van der Waals surface area contributed by atoms with Gasteiger partial charge in [-0.15, -0.1) is 0 Å². The van der Waals surface area contributed by atoms with Crippen LogP contribution in [0.15, 0.2) is 18.3 Å². The van der Waals surface area contributed by atoms with Gasteiger partial charge >= 0.3 is 6.18 Å². The van der Waals surface area contributed by atoms with Crippen molar-refractivity contribution in [1.29, 1.82) is 0 Å². The largest absolute Gasteiger partial charge is 0.414 e. The van der Waals surface area contributed by atoms with E-state index in [1.54, 1.807) is 0 Å². The maximum atomic E-state index is 12.5. The van der Waals surface area contributed by atoms with E-state index in [0.717, 1.165) is 0 Å². The minimum Gasteiger partial charge on any atom is -0.327 e. The topological polar surface area (TPSA) is 95.2 Å². The summed E-state index contributed by atoms with van der Waals surface area (Å²) in [6.07, 6.45) is -3.11. The number of hydrogen-bond acceptors (Lipinski definition) is 6. The van der Waals surface area contributed by atoms with Gasteiger partial charge in [0, 0.05) is 18.7 Å². The van der Waals surface area contributed by atoms with E-state index in [2.05, 4.69) is 21.0 Å². The number of carbonyl (C=O) groups is 2. The number of nitrogens with one attached hydrogen (secondary N) is 4. The summed E-state index contributed by atoms with van der Waals surface area (Å²) < 4.78 is 37.5. The molecular weight excluding hydrogens is 323 g/mol. The molecular formula is C11H12F3N5O2S. The van der Waals surface area contributed by atoms with Crippen molar-refractivity contribution in [1.82, 2.24) is 21.2 Å². The summed E-state index contributed by atoms with van der Waals surface area (Å²) in [6, 6.07) is 2.71. The van der Waals surface area contributed by atoms with Crippen LogP contribution in [0.4, 0.5) is 19.0 Å². The standard InChI is InChI=1S/C11H12F3N5O2S/c1-5(20)16-7-4-6(2-3-15-7)8(21)17-10-19-18-9(22-10)11(12,13)14/h2-4,9-10,18-19H,1H3,(H,17,21)(H,15,16,20). The lowest BCUT2D eigenvalue weighted by molar-refractivity contribution is -0.134. The fourth-order valence-electron chi connectivity index (χ4n) is 1.61. The first-order valence-electron chi connectivity index (χ1n) is 6.03. The second kappa shape index (κ2) is 6.50. The summed E-state index contributed by atoms with van der Waals surface area (Å²) in [5.74, 6) is -0.766. The summed E-state index contributed by atoms with van der Waals surface area (Å²) in [5.41, 5.74) is 3.61. The van der Waals surface area contributed by atoms with E-state index in [1.807, 2.05) is 5.43 Å². The molecule has 7 nitrogen and oxygen atoms in total. The van der Waals surface area contributed by atoms with Crippen molar-refractivity contribution in [3.63, 3.8) is 0 Å². The smallest absolute Gasteiger partial charge is 0.327 e. The molecule has 22 heavy (non-hydrogen) atoms. The van der Waals surface area contributed by atoms with Crippen LogP contribution in [0.2, 0.25) is 0 Å². The molecule has 2 amide bonds. The SMILES string of the molecule is CC(=O)Nc1cc(C(=O)NC2NNC(C(F)(F)F)S2)ccn1. The van der Waals surface area contributed by atoms with E-state index in [1.165, 1.54) is 25.3 Å². The molecule has 2 unspecified atom stereocenters. The summed E-state index contributed by atoms with van der Waals surface area (Å²) in [6.45, 7) is 1.29. The van der Waals surface area contributed by atoms with Gasteiger partial charge in [0.2, 0.25) is 5.91 Å². The Morgan fingerprint density at radius 3 is 2.68 bits per heavy atom. The second-order valence-electron chi connectivity index (χ2n) is 4.31. The zero-order valence-electron chi connectivity index (χ0n) is 11.2. The highest BCUT2D eigenvalue weighted by Gasteiger charge is 2.45. The van der Waals surface area contributed by atoms with E-state index in [9.17, 15) is 22.8 Å². The molecule has 120 valence electrons. The fraction of sp³-hybridized carbons (Fsp3) is 0.364. The number of pyridine rings is 1. The molecule has 2 rings (SSSR count). The van der Waals surface area contributed by atoms with Crippen LogP contribution in [0.5, 0.6) is 0 Å². The monoisotopic (exact) mass is 335 g/mol. The lowest BCUT2D eigenvalue weighted by Gasteiger charge is -2.13. The summed E-state index contributed by atoms with van der Waals surface area (Å²) in [4.78, 5) is 26.7. The van der Waals surface area contributed by atoms with Crippen LogP contribution in [0.1, 0.15) is 17.3 Å². The highest BCUT2D eigenvalue weighted by Crippen LogP contribution is 2.32. The maximum Gasteiger partial charge on any atom is 0.414 e. The van der Waals surface area contributed by atoms with E-state index in [0.29, 0.717) is 11.8 Å². The molecule has 11 heteroatoms. The van der Waals surface area contributed by atoms with E-state index < -0.39 is 23.0 Å². The molecule has 4 N–H and O–H groups in total. The Labute approximate surface area is 127 Å². The van der Waals surface area contributed by atoms with Crippen LogP contribution in [0.25, 0.3) is 0 Å². The van der Waals surface area contributed by atoms with Crippen molar-refractivity contribution >= 4 is 29.4 Å². The number of anilines is 1. The fourth-order valence-corrected chi connectivity index (χ4v) is 2.48. The molecule has 0 aliphatic carbocycles. The summed E-state index contributed by atoms with van der Waals surface area (Å²) in [5, 5.41) is 3.00. The van der Waals surface area contributed by atoms with Crippen LogP contribution in [-0.4, -0.2) is 33.8 Å². The predicted molar refractivity (Wildman–Crippen MR) is 73.5 cm³/mol. The highest BCUT2D eigenvalue weighted by molar-refractivity contribution is 8.00. The van der Waals surface area contributed by atoms with Gasteiger partial charge in [0.1, 0.15) is 11.3 Å². The molecule has 0 aromatic carbocycles. The molecule has 0 bridgehead atoms. The van der Waals surface area contributed by atoms with Gasteiger partial charge in [-0.25, -0.2) is 15.8 Å². The van der Waals surface area contributed by atoms with Gasteiger partial charge in [-0.1, -0.05) is 11.8 Å². The number of rotatable bonds is 3. The number of halogens is 3. The molecule has 0 saturated carbocycles. The van der Waals surface area contributed by atoms with Crippen molar-refractivity contribution < 1.29 is 22.8 Å². The first kappa shape index (κ1) is 16.5. The number of hydrazine groups is 1. The van der Waals surface area contributed by atoms with Crippen molar-refractivity contribution in [2.75, 3.05) is 5.32 Å². The molecule has 1 saturated heterocycles. The number of aromatic nitrogens is 1. The molecule has 1 aliphatic rings. The third kappa shape index (κ3) is 4.32. The number of nitrogens with zero attached hydrogens (tertiary/aromatic N) is 1. The Hall–Kier alpha value is -1.85. The third-order valence-corrected chi connectivity index (χ3v) is 3.67. The number of hydrogen-bond donors (Lipinski definition) is 4. The zero-order chi connectivity index (χ0) is 16.3. The Morgan fingerprint density at radius 2 is 2.09 bits per heavy atom. The number of carbonyl (C=O) groups excluding carboxylic acids is 2. The minimum atomic E-state index is -4.42. The van der Waals surface area contributed by atoms with Gasteiger partial charge in [-0.2, -0.15) is 13.2 Å². The van der Waals surface area contributed by atoms with Gasteiger partial charge < -0.3 is 10.6 Å². The van der Waals surface area contributed by atoms with E-state index in [-0.39, 0.29) is 17.3 Å². The minimum absolute atomic E-state index is 0.164. The normalized spacial score (nSPS) is 21.5. The van der Waals surface area contributed by atoms with E-state index >= 15 is 0 Å². The average Bonchev–Trinajstić information content (AvgIpc) is 2.86. The van der Waals surface area contributed by atoms with Crippen LogP contribution in [0.3, 0.4) is 0 Å². The van der Waals surface area contributed by atoms with Crippen molar-refractivity contribution in [3.8, 4) is 0 Å². The lowest BCUT2D eigenvalue weighted by atomic mass is 10.2.